The molecule has 112 heavy (non-hydrogen) atoms. The van der Waals surface area contributed by atoms with E-state index in [4.69, 9.17) is 34.2 Å². The molecule has 4 heterocycles. The SMILES string of the molecule is C.C=C[C@@H]1C[C@]1(N)C(=O)NS(=O)(=O)C1CC1.C=C[C@@H]1C[C@]1(NC(=O)[C@@H]1C[C@]2(OC)CN1C(=O)[C@H](C(C)(C)C)NC(=O)OCCCCCCCCc1cc3cc2ccc3cc1OC)C(=O)NS(=O)(=O)C1CC1.COc1cc2ccc3cc2cc1CCCCCCCCOC(=O)N[C@@H](C(C)(C)C)C(=O)N1C[C@@]3(OC)C[C@H]1C(=O)O. The first-order chi connectivity index (χ1) is 52.5. The number of aliphatic carboxylic acids is 1. The molecular weight excluding hydrogens is 1480 g/mol. The average Bonchev–Trinajstić information content (AvgIpc) is 1.56. The van der Waals surface area contributed by atoms with Gasteiger partial charge >= 0.3 is 18.2 Å². The lowest BCUT2D eigenvalue weighted by atomic mass is 9.85. The van der Waals surface area contributed by atoms with Crippen LogP contribution in [0.1, 0.15) is 200 Å². The third kappa shape index (κ3) is 20.0. The molecular formula is C83H118N8O19S2. The third-order valence-corrected chi connectivity index (χ3v) is 26.9. The second-order valence-electron chi connectivity index (χ2n) is 33.4. The zero-order valence-corrected chi connectivity index (χ0v) is 67.6. The van der Waals surface area contributed by atoms with Crippen LogP contribution in [0.15, 0.2) is 86.0 Å². The highest BCUT2D eigenvalue weighted by atomic mass is 32.2. The monoisotopic (exact) mass is 1590 g/mol. The van der Waals surface area contributed by atoms with E-state index in [2.05, 4.69) is 46.0 Å². The van der Waals surface area contributed by atoms with E-state index in [0.717, 1.165) is 139 Å². The maximum absolute atomic E-state index is 14.8. The Morgan fingerprint density at radius 1 is 0.554 bits per heavy atom. The highest BCUT2D eigenvalue weighted by molar-refractivity contribution is 7.91. The molecule has 0 spiro atoms. The summed E-state index contributed by atoms with van der Waals surface area (Å²) >= 11 is 0. The highest BCUT2D eigenvalue weighted by Gasteiger charge is 2.63. The van der Waals surface area contributed by atoms with E-state index in [1.165, 1.54) is 23.0 Å². The Morgan fingerprint density at radius 3 is 1.33 bits per heavy atom. The van der Waals surface area contributed by atoms with Gasteiger partial charge in [0.25, 0.3) is 11.8 Å². The number of carboxylic acid groups (broad SMARTS) is 1. The van der Waals surface area contributed by atoms with Crippen molar-refractivity contribution in [2.45, 2.75) is 247 Å². The normalized spacial score (nSPS) is 27.6. The van der Waals surface area contributed by atoms with Crippen molar-refractivity contribution in [2.24, 2.45) is 28.4 Å². The lowest BCUT2D eigenvalue weighted by Crippen LogP contribution is -2.60. The minimum Gasteiger partial charge on any atom is -0.496 e. The summed E-state index contributed by atoms with van der Waals surface area (Å²) in [7, 11) is -0.928. The number of rotatable bonds is 15. The van der Waals surface area contributed by atoms with Crippen LogP contribution < -0.4 is 40.6 Å². The lowest BCUT2D eigenvalue weighted by molar-refractivity contribution is -0.150. The predicted octanol–water partition coefficient (Wildman–Crippen LogP) is 10.5. The number of nitrogens with zero attached hydrogens (tertiary/aromatic N) is 2. The van der Waals surface area contributed by atoms with Gasteiger partial charge in [0.05, 0.1) is 51.0 Å². The summed E-state index contributed by atoms with van der Waals surface area (Å²) in [6, 6.07) is 15.9. The van der Waals surface area contributed by atoms with E-state index in [0.29, 0.717) is 38.5 Å². The maximum atomic E-state index is 14.8. The number of amides is 7. The van der Waals surface area contributed by atoms with E-state index in [1.807, 2.05) is 94.8 Å². The number of benzene rings is 4. The van der Waals surface area contributed by atoms with Crippen LogP contribution in [0, 0.1) is 22.7 Å². The third-order valence-electron chi connectivity index (χ3n) is 23.2. The van der Waals surface area contributed by atoms with Gasteiger partial charge in [0.1, 0.15) is 57.9 Å². The van der Waals surface area contributed by atoms with Crippen molar-refractivity contribution in [2.75, 3.05) is 54.7 Å². The summed E-state index contributed by atoms with van der Waals surface area (Å²) in [6.07, 6.45) is 18.0. The molecule has 4 aliphatic heterocycles. The minimum atomic E-state index is -3.90. The minimum absolute atomic E-state index is 0. The fourth-order valence-electron chi connectivity index (χ4n) is 15.7. The van der Waals surface area contributed by atoms with Crippen LogP contribution in [0.5, 0.6) is 11.5 Å². The molecule has 29 heteroatoms. The molecule has 8 N–H and O–H groups in total. The summed E-state index contributed by atoms with van der Waals surface area (Å²) < 4.78 is 87.5. The topological polar surface area (TPSA) is 373 Å². The van der Waals surface area contributed by atoms with Gasteiger partial charge in [-0.1, -0.05) is 137 Å². The molecule has 7 amide bonds. The van der Waals surface area contributed by atoms with Crippen LogP contribution in [0.25, 0.3) is 21.5 Å². The number of alkyl carbamates (subject to hydrolysis) is 2. The highest BCUT2D eigenvalue weighted by Crippen LogP contribution is 2.49. The van der Waals surface area contributed by atoms with Gasteiger partial charge in [0, 0.05) is 38.9 Å². The fourth-order valence-corrected chi connectivity index (χ4v) is 18.4. The van der Waals surface area contributed by atoms with Gasteiger partial charge in [0.2, 0.25) is 37.8 Å². The molecule has 0 radical (unpaired) electrons. The first kappa shape index (κ1) is 87.6. The van der Waals surface area contributed by atoms with Crippen molar-refractivity contribution in [1.29, 1.82) is 0 Å². The number of sulfonamides is 2. The van der Waals surface area contributed by atoms with Crippen molar-refractivity contribution in [3.8, 4) is 11.5 Å². The van der Waals surface area contributed by atoms with Crippen molar-refractivity contribution in [3.05, 3.63) is 108 Å². The molecule has 4 aliphatic carbocycles. The molecule has 2 saturated heterocycles. The van der Waals surface area contributed by atoms with Gasteiger partial charge in [-0.05, 0) is 168 Å². The number of fused-ring (bicyclic) bond motifs is 10. The second-order valence-corrected chi connectivity index (χ2v) is 37.3. The van der Waals surface area contributed by atoms with E-state index in [-0.39, 0.29) is 58.9 Å². The van der Waals surface area contributed by atoms with Gasteiger partial charge in [-0.3, -0.25) is 33.4 Å². The average molecular weight is 1600 g/mol. The second kappa shape index (κ2) is 35.6. The molecule has 12 rings (SSSR count). The fraction of sp³-hybridized carbons (Fsp3) is 0.614. The van der Waals surface area contributed by atoms with Crippen molar-refractivity contribution in [1.82, 2.24) is 35.2 Å². The first-order valence-electron chi connectivity index (χ1n) is 39.0. The van der Waals surface area contributed by atoms with Crippen LogP contribution in [0.2, 0.25) is 0 Å². The lowest BCUT2D eigenvalue weighted by Gasteiger charge is -2.36. The van der Waals surface area contributed by atoms with E-state index in [1.54, 1.807) is 27.4 Å². The number of aryl methyl sites for hydroxylation is 2. The van der Waals surface area contributed by atoms with Crippen molar-refractivity contribution < 1.29 is 88.7 Å². The number of hydrogen-bond acceptors (Lipinski definition) is 19. The number of nitrogens with one attached hydrogen (secondary N) is 5. The number of carbonyl (C=O) groups is 8. The van der Waals surface area contributed by atoms with Gasteiger partial charge in [-0.15, -0.1) is 13.2 Å². The molecule has 4 aromatic carbocycles. The maximum Gasteiger partial charge on any atom is 0.407 e. The van der Waals surface area contributed by atoms with E-state index in [9.17, 15) is 60.3 Å². The Balaban J connectivity index is 0.000000220. The van der Waals surface area contributed by atoms with Crippen LogP contribution >= 0.6 is 0 Å². The van der Waals surface area contributed by atoms with E-state index < -0.39 is 141 Å². The number of nitrogens with two attached hydrogens (primary N) is 1. The van der Waals surface area contributed by atoms with E-state index >= 15 is 0 Å². The summed E-state index contributed by atoms with van der Waals surface area (Å²) in [4.78, 5) is 110. The van der Waals surface area contributed by atoms with Crippen LogP contribution in [-0.4, -0.2) is 180 Å². The summed E-state index contributed by atoms with van der Waals surface area (Å²) in [5.74, 6) is -3.13. The Kier molecular flexibility index (Phi) is 27.8. The van der Waals surface area contributed by atoms with Gasteiger partial charge in [-0.2, -0.15) is 0 Å². The molecule has 10 bridgehead atoms. The molecule has 8 aliphatic rings. The molecule has 27 nitrogen and oxygen atoms in total. The Morgan fingerprint density at radius 2 is 0.955 bits per heavy atom. The summed E-state index contributed by atoms with van der Waals surface area (Å²) in [5, 5.41) is 21.5. The zero-order chi connectivity index (χ0) is 80.8. The number of carboxylic acids is 1. The summed E-state index contributed by atoms with van der Waals surface area (Å²) in [6.45, 7) is 18.8. The number of hydrogen-bond donors (Lipinski definition) is 7. The van der Waals surface area contributed by atoms with Gasteiger partial charge < -0.3 is 65.0 Å². The standard InChI is InChI=1S/C41H56N4O9S.C32H44N2O7.C9H14N2O3S.CH4/c1-7-29-23-41(29,37(48)44-55(50,51)31-17-18-31)43-35(46)32-24-40(53-6)25-45(32)36(47)34(39(2,3)4)42-38(49)54-19-13-11-9-8-10-12-14-27-20-28-21-30(40)16-15-26(28)22-33(27)52-5;1-31(2,3)27-28(35)34-20-32(40-5,19-25(34)29(36)37)24-14-13-21-18-26(39-4)22(16-23(21)17-24)12-10-8-6-7-9-11-15-41-30(38)33-27;1-2-6-5-9(6,10)8(12)11-15(13,14)7-3-4-7;/h7,15-16,20-22,29,31-32,34H,1,8-14,17-19,23-25H2,2-6H3,(H,42,49)(H,43,46)(H,44,48);13-14,16-18,25,27H,6-12,15,19-20H2,1-5H3,(H,33,38)(H,36,37);2,6-7H,1,3-5,10H2,(H,11,12);1H4/t29-,32+,34-,40+,41-;25-,27+,32-;6-,9-;/m101./s1. The van der Waals surface area contributed by atoms with Gasteiger partial charge in [0.15, 0.2) is 0 Å². The van der Waals surface area contributed by atoms with Crippen LogP contribution in [0.3, 0.4) is 0 Å². The van der Waals surface area contributed by atoms with Crippen LogP contribution in [0.4, 0.5) is 9.59 Å². The number of cyclic esters (lactones) is 2. The molecule has 0 aromatic heterocycles. The van der Waals surface area contributed by atoms with Gasteiger partial charge in [-0.25, -0.2) is 31.2 Å². The molecule has 0 unspecified atom stereocenters. The molecule has 6 fully saturated rings. The number of carbonyl (C=O) groups excluding carboxylic acids is 7. The van der Waals surface area contributed by atoms with Crippen LogP contribution in [-0.2, 0) is 91.8 Å². The quantitative estimate of drug-likeness (QED) is 0.0544. The number of methoxy groups -OCH3 is 4. The Labute approximate surface area is 659 Å². The zero-order valence-electron chi connectivity index (χ0n) is 65.9. The van der Waals surface area contributed by atoms with Crippen molar-refractivity contribution in [3.63, 3.8) is 0 Å². The number of ether oxygens (including phenoxy) is 6. The summed E-state index contributed by atoms with van der Waals surface area (Å²) in [5.41, 5.74) is 3.20. The molecule has 4 saturated carbocycles. The molecule has 4 aromatic rings. The smallest absolute Gasteiger partial charge is 0.407 e. The molecule has 10 atom stereocenters. The predicted molar refractivity (Wildman–Crippen MR) is 426 cm³/mol. The molecule has 616 valence electrons. The Bertz CT molecular complexity index is 4420. The Hall–Kier alpha value is -8.38. The first-order valence-corrected chi connectivity index (χ1v) is 42.1. The van der Waals surface area contributed by atoms with Crippen molar-refractivity contribution >= 4 is 89.3 Å². The largest absolute Gasteiger partial charge is 0.496 e.